The first-order chi connectivity index (χ1) is 9.31. The number of ether oxygens (including phenoxy) is 1. The van der Waals surface area contributed by atoms with Gasteiger partial charge in [0.25, 0.3) is 0 Å². The average molecular weight is 268 g/mol. The first-order valence-corrected chi connectivity index (χ1v) is 7.29. The van der Waals surface area contributed by atoms with Gasteiger partial charge in [-0.3, -0.25) is 4.79 Å². The number of carbonyl (C=O) groups excluding carboxylic acids is 1. The SMILES string of the molecule is O=C1c2ccccc2SC[C@@]12O[C@@H]2c1ccccc1. The van der Waals surface area contributed by atoms with Crippen LogP contribution in [0.25, 0.3) is 0 Å². The molecule has 0 bridgehead atoms. The Morgan fingerprint density at radius 1 is 1.05 bits per heavy atom. The summed E-state index contributed by atoms with van der Waals surface area (Å²) in [5, 5.41) is 0. The number of carbonyl (C=O) groups is 1. The van der Waals surface area contributed by atoms with Crippen LogP contribution in [0.3, 0.4) is 0 Å². The lowest BCUT2D eigenvalue weighted by Crippen LogP contribution is -2.32. The van der Waals surface area contributed by atoms with E-state index in [2.05, 4.69) is 0 Å². The van der Waals surface area contributed by atoms with Crippen molar-refractivity contribution in [2.75, 3.05) is 5.75 Å². The second-order valence-electron chi connectivity index (χ2n) is 4.91. The molecular formula is C16H12O2S. The topological polar surface area (TPSA) is 29.6 Å². The summed E-state index contributed by atoms with van der Waals surface area (Å²) in [6.07, 6.45) is -0.0814. The number of ketones is 1. The van der Waals surface area contributed by atoms with Crippen molar-refractivity contribution in [3.05, 3.63) is 65.7 Å². The lowest BCUT2D eigenvalue weighted by molar-refractivity contribution is 0.0885. The summed E-state index contributed by atoms with van der Waals surface area (Å²) in [7, 11) is 0. The van der Waals surface area contributed by atoms with Crippen molar-refractivity contribution < 1.29 is 9.53 Å². The second-order valence-corrected chi connectivity index (χ2v) is 5.93. The minimum atomic E-state index is -0.625. The van der Waals surface area contributed by atoms with E-state index in [9.17, 15) is 4.79 Å². The van der Waals surface area contributed by atoms with E-state index in [0.717, 1.165) is 16.0 Å². The summed E-state index contributed by atoms with van der Waals surface area (Å²) in [6, 6.07) is 17.8. The highest BCUT2D eigenvalue weighted by atomic mass is 32.2. The maximum Gasteiger partial charge on any atom is 0.199 e. The number of hydrogen-bond acceptors (Lipinski definition) is 3. The van der Waals surface area contributed by atoms with Gasteiger partial charge in [0.05, 0.1) is 0 Å². The van der Waals surface area contributed by atoms with Gasteiger partial charge in [-0.25, -0.2) is 0 Å². The summed E-state index contributed by atoms with van der Waals surface area (Å²) in [6.45, 7) is 0. The predicted octanol–water partition coefficient (Wildman–Crippen LogP) is 3.49. The number of rotatable bonds is 1. The Hall–Kier alpha value is -1.58. The fraction of sp³-hybridized carbons (Fsp3) is 0.188. The number of hydrogen-bond donors (Lipinski definition) is 0. The van der Waals surface area contributed by atoms with Crippen molar-refractivity contribution >= 4 is 17.5 Å². The van der Waals surface area contributed by atoms with Crippen LogP contribution in [0, 0.1) is 0 Å². The lowest BCUT2D eigenvalue weighted by Gasteiger charge is -2.20. The number of epoxide rings is 1. The lowest BCUT2D eigenvalue weighted by atomic mass is 9.92. The molecular weight excluding hydrogens is 256 g/mol. The van der Waals surface area contributed by atoms with Crippen molar-refractivity contribution in [2.24, 2.45) is 0 Å². The van der Waals surface area contributed by atoms with Crippen LogP contribution in [-0.2, 0) is 4.74 Å². The van der Waals surface area contributed by atoms with E-state index >= 15 is 0 Å². The monoisotopic (exact) mass is 268 g/mol. The molecule has 94 valence electrons. The Morgan fingerprint density at radius 2 is 1.79 bits per heavy atom. The Balaban J connectivity index is 1.71. The van der Waals surface area contributed by atoms with E-state index in [1.54, 1.807) is 11.8 Å². The molecule has 0 aliphatic carbocycles. The van der Waals surface area contributed by atoms with Crippen molar-refractivity contribution in [2.45, 2.75) is 16.6 Å². The molecule has 2 nitrogen and oxygen atoms in total. The van der Waals surface area contributed by atoms with Gasteiger partial charge in [0.15, 0.2) is 11.4 Å². The van der Waals surface area contributed by atoms with E-state index in [-0.39, 0.29) is 11.9 Å². The zero-order chi connectivity index (χ0) is 12.9. The van der Waals surface area contributed by atoms with Gasteiger partial charge in [-0.15, -0.1) is 11.8 Å². The van der Waals surface area contributed by atoms with Crippen LogP contribution in [0.1, 0.15) is 22.0 Å². The maximum absolute atomic E-state index is 12.6. The molecule has 0 N–H and O–H groups in total. The quantitative estimate of drug-likeness (QED) is 0.742. The minimum Gasteiger partial charge on any atom is -0.351 e. The van der Waals surface area contributed by atoms with Crippen molar-refractivity contribution in [3.8, 4) is 0 Å². The van der Waals surface area contributed by atoms with E-state index in [1.807, 2.05) is 54.6 Å². The second kappa shape index (κ2) is 3.95. The van der Waals surface area contributed by atoms with Crippen LogP contribution < -0.4 is 0 Å². The van der Waals surface area contributed by atoms with E-state index in [4.69, 9.17) is 4.74 Å². The van der Waals surface area contributed by atoms with Gasteiger partial charge in [0, 0.05) is 16.2 Å². The van der Waals surface area contributed by atoms with Crippen LogP contribution in [0.4, 0.5) is 0 Å². The van der Waals surface area contributed by atoms with Crippen molar-refractivity contribution in [3.63, 3.8) is 0 Å². The Kier molecular flexibility index (Phi) is 2.34. The van der Waals surface area contributed by atoms with Crippen LogP contribution in [0.2, 0.25) is 0 Å². The molecule has 0 saturated carbocycles. The molecule has 1 fully saturated rings. The predicted molar refractivity (Wildman–Crippen MR) is 74.5 cm³/mol. The van der Waals surface area contributed by atoms with Crippen LogP contribution in [0.5, 0.6) is 0 Å². The Bertz CT molecular complexity index is 653. The molecule has 0 unspecified atom stereocenters. The number of fused-ring (bicyclic) bond motifs is 1. The van der Waals surface area contributed by atoms with Crippen molar-refractivity contribution in [1.82, 2.24) is 0 Å². The van der Waals surface area contributed by atoms with Gasteiger partial charge in [-0.05, 0) is 11.6 Å². The number of benzene rings is 2. The molecule has 3 heteroatoms. The van der Waals surface area contributed by atoms with Gasteiger partial charge in [0.2, 0.25) is 0 Å². The van der Waals surface area contributed by atoms with Gasteiger partial charge in [-0.2, -0.15) is 0 Å². The largest absolute Gasteiger partial charge is 0.351 e. The smallest absolute Gasteiger partial charge is 0.199 e. The Labute approximate surface area is 115 Å². The zero-order valence-electron chi connectivity index (χ0n) is 10.2. The van der Waals surface area contributed by atoms with Crippen LogP contribution >= 0.6 is 11.8 Å². The van der Waals surface area contributed by atoms with Crippen molar-refractivity contribution in [1.29, 1.82) is 0 Å². The molecule has 1 spiro atoms. The number of thioether (sulfide) groups is 1. The standard InChI is InChI=1S/C16H12O2S/c17-14-12-8-4-5-9-13(12)19-10-16(14)15(18-16)11-6-2-1-3-7-11/h1-9,15H,10H2/t15-,16-/m1/s1. The van der Waals surface area contributed by atoms with E-state index < -0.39 is 5.60 Å². The summed E-state index contributed by atoms with van der Waals surface area (Å²) >= 11 is 1.71. The summed E-state index contributed by atoms with van der Waals surface area (Å²) < 4.78 is 5.83. The molecule has 2 heterocycles. The molecule has 0 radical (unpaired) electrons. The third-order valence-electron chi connectivity index (χ3n) is 3.75. The summed E-state index contributed by atoms with van der Waals surface area (Å²) in [5.41, 5.74) is 1.27. The zero-order valence-corrected chi connectivity index (χ0v) is 11.0. The molecule has 1 saturated heterocycles. The maximum atomic E-state index is 12.6. The third kappa shape index (κ3) is 1.58. The molecule has 2 aliphatic rings. The molecule has 4 rings (SSSR count). The summed E-state index contributed by atoms with van der Waals surface area (Å²) in [5.74, 6) is 0.846. The van der Waals surface area contributed by atoms with Gasteiger partial charge >= 0.3 is 0 Å². The van der Waals surface area contributed by atoms with E-state index in [0.29, 0.717) is 5.75 Å². The highest BCUT2D eigenvalue weighted by Crippen LogP contribution is 2.56. The minimum absolute atomic E-state index is 0.0814. The Morgan fingerprint density at radius 3 is 2.63 bits per heavy atom. The molecule has 2 aromatic carbocycles. The molecule has 2 aliphatic heterocycles. The van der Waals surface area contributed by atoms with E-state index in [1.165, 1.54) is 0 Å². The fourth-order valence-corrected chi connectivity index (χ4v) is 3.89. The summed E-state index contributed by atoms with van der Waals surface area (Å²) in [4.78, 5) is 13.7. The number of Topliss-reactive ketones (excluding diaryl/α,β-unsaturated/α-hetero) is 1. The molecule has 0 aromatic heterocycles. The van der Waals surface area contributed by atoms with Gasteiger partial charge < -0.3 is 4.74 Å². The van der Waals surface area contributed by atoms with Gasteiger partial charge in [0.1, 0.15) is 6.10 Å². The average Bonchev–Trinajstić information content (AvgIpc) is 3.20. The first kappa shape index (κ1) is 11.3. The highest BCUT2D eigenvalue weighted by molar-refractivity contribution is 7.99. The first-order valence-electron chi connectivity index (χ1n) is 6.31. The van der Waals surface area contributed by atoms with Crippen LogP contribution in [-0.4, -0.2) is 17.1 Å². The molecule has 19 heavy (non-hydrogen) atoms. The third-order valence-corrected chi connectivity index (χ3v) is 5.00. The van der Waals surface area contributed by atoms with Gasteiger partial charge in [-0.1, -0.05) is 48.5 Å². The molecule has 2 aromatic rings. The molecule has 2 atom stereocenters. The fourth-order valence-electron chi connectivity index (χ4n) is 2.68. The normalized spacial score (nSPS) is 28.2. The molecule has 0 amide bonds. The highest BCUT2D eigenvalue weighted by Gasteiger charge is 2.64. The van der Waals surface area contributed by atoms with Crippen LogP contribution in [0.15, 0.2) is 59.5 Å².